The second kappa shape index (κ2) is 6.15. The van der Waals surface area contributed by atoms with Crippen LogP contribution in [0.4, 0.5) is 0 Å². The molecular formula is C11H19N5O2. The van der Waals surface area contributed by atoms with E-state index in [0.717, 1.165) is 0 Å². The molecule has 7 heteroatoms. The summed E-state index contributed by atoms with van der Waals surface area (Å²) in [6.07, 6.45) is -0.0871. The normalized spacial score (nSPS) is 19.1. The van der Waals surface area contributed by atoms with Gasteiger partial charge >= 0.3 is 5.97 Å². The molecule has 0 amide bonds. The average molecular weight is 253 g/mol. The monoisotopic (exact) mass is 253 g/mol. The van der Waals surface area contributed by atoms with Crippen LogP contribution in [-0.2, 0) is 9.53 Å². The third-order valence-electron chi connectivity index (χ3n) is 2.41. The zero-order valence-corrected chi connectivity index (χ0v) is 10.7. The number of ether oxygens (including phenoxy) is 1. The highest BCUT2D eigenvalue weighted by molar-refractivity contribution is 5.97. The van der Waals surface area contributed by atoms with Crippen molar-refractivity contribution in [2.75, 3.05) is 13.2 Å². The molecule has 0 radical (unpaired) electrons. The number of esters is 1. The van der Waals surface area contributed by atoms with Gasteiger partial charge in [-0.15, -0.1) is 0 Å². The lowest BCUT2D eigenvalue weighted by Gasteiger charge is -2.30. The Bertz CT molecular complexity index is 402. The molecule has 0 aromatic carbocycles. The van der Waals surface area contributed by atoms with Gasteiger partial charge in [-0.05, 0) is 13.8 Å². The lowest BCUT2D eigenvalue weighted by molar-refractivity contribution is -0.138. The first-order valence-corrected chi connectivity index (χ1v) is 5.71. The Morgan fingerprint density at radius 3 is 2.83 bits per heavy atom. The van der Waals surface area contributed by atoms with Gasteiger partial charge in [0.05, 0.1) is 6.61 Å². The summed E-state index contributed by atoms with van der Waals surface area (Å²) >= 11 is 0. The number of rotatable bonds is 5. The second-order valence-electron chi connectivity index (χ2n) is 3.88. The predicted octanol–water partition coefficient (Wildman–Crippen LogP) is -0.213. The van der Waals surface area contributed by atoms with E-state index in [-0.39, 0.29) is 12.6 Å². The molecule has 0 fully saturated rings. The van der Waals surface area contributed by atoms with Crippen LogP contribution < -0.4 is 11.5 Å². The smallest absolute Gasteiger partial charge is 0.333 e. The summed E-state index contributed by atoms with van der Waals surface area (Å²) in [6, 6.07) is 0. The zero-order valence-electron chi connectivity index (χ0n) is 10.7. The van der Waals surface area contributed by atoms with E-state index in [2.05, 4.69) is 16.6 Å². The van der Waals surface area contributed by atoms with Gasteiger partial charge in [0.2, 0.25) is 5.96 Å². The van der Waals surface area contributed by atoms with Gasteiger partial charge in [0, 0.05) is 18.5 Å². The minimum absolute atomic E-state index is 0.147. The van der Waals surface area contributed by atoms with Crippen LogP contribution in [0.15, 0.2) is 22.1 Å². The van der Waals surface area contributed by atoms with Gasteiger partial charge in [0.1, 0.15) is 5.84 Å². The second-order valence-corrected chi connectivity index (χ2v) is 3.88. The summed E-state index contributed by atoms with van der Waals surface area (Å²) in [6.45, 7) is 7.90. The van der Waals surface area contributed by atoms with Crippen LogP contribution in [0.25, 0.3) is 0 Å². The van der Waals surface area contributed by atoms with Crippen LogP contribution in [-0.4, -0.2) is 42.1 Å². The van der Waals surface area contributed by atoms with Crippen LogP contribution >= 0.6 is 0 Å². The van der Waals surface area contributed by atoms with E-state index in [0.29, 0.717) is 24.4 Å². The third kappa shape index (κ3) is 3.56. The quantitative estimate of drug-likeness (QED) is 0.520. The minimum Gasteiger partial charge on any atom is -0.462 e. The Morgan fingerprint density at radius 2 is 2.28 bits per heavy atom. The Kier molecular flexibility index (Phi) is 4.85. The summed E-state index contributed by atoms with van der Waals surface area (Å²) in [5.74, 6) is 0.404. The molecule has 1 atom stereocenters. The summed E-state index contributed by atoms with van der Waals surface area (Å²) in [7, 11) is 0. The Morgan fingerprint density at radius 1 is 1.61 bits per heavy atom. The fraction of sp³-hybridized carbons (Fsp3) is 0.545. The Labute approximate surface area is 106 Å². The van der Waals surface area contributed by atoms with Gasteiger partial charge in [0.15, 0.2) is 6.29 Å². The van der Waals surface area contributed by atoms with Gasteiger partial charge in [-0.1, -0.05) is 6.58 Å². The molecule has 0 saturated carbocycles. The molecule has 0 saturated heterocycles. The molecule has 1 unspecified atom stereocenters. The first-order valence-electron chi connectivity index (χ1n) is 5.71. The highest BCUT2D eigenvalue weighted by Gasteiger charge is 2.21. The highest BCUT2D eigenvalue weighted by Crippen LogP contribution is 2.07. The maximum Gasteiger partial charge on any atom is 0.333 e. The van der Waals surface area contributed by atoms with Gasteiger partial charge in [0.25, 0.3) is 0 Å². The van der Waals surface area contributed by atoms with Gasteiger partial charge in [-0.3, -0.25) is 5.73 Å². The van der Waals surface area contributed by atoms with Crippen molar-refractivity contribution in [3.8, 4) is 0 Å². The molecule has 1 aliphatic rings. The van der Waals surface area contributed by atoms with Crippen molar-refractivity contribution in [1.82, 2.24) is 4.90 Å². The van der Waals surface area contributed by atoms with E-state index < -0.39 is 12.3 Å². The first kappa shape index (κ1) is 14.2. The Hall–Kier alpha value is -1.89. The van der Waals surface area contributed by atoms with Crippen LogP contribution in [0.2, 0.25) is 0 Å². The fourth-order valence-electron chi connectivity index (χ4n) is 1.51. The standard InChI is InChI=1S/C11H19N5O2/c1-4-16-8(14-10(12)15-11(16)13)5-6-18-9(17)7(2)3/h11H,2,4-6,13H2,1,3H3,(H2,12,15). The maximum atomic E-state index is 11.2. The van der Waals surface area contributed by atoms with Gasteiger partial charge < -0.3 is 15.4 Å². The number of carbonyl (C=O) groups is 1. The molecule has 4 N–H and O–H groups in total. The number of hydrogen-bond acceptors (Lipinski definition) is 7. The van der Waals surface area contributed by atoms with E-state index in [1.165, 1.54) is 0 Å². The number of nitrogens with two attached hydrogens (primary N) is 2. The van der Waals surface area contributed by atoms with Crippen LogP contribution in [0.3, 0.4) is 0 Å². The lowest BCUT2D eigenvalue weighted by Crippen LogP contribution is -2.49. The average Bonchev–Trinajstić information content (AvgIpc) is 2.28. The molecule has 0 aromatic heterocycles. The SMILES string of the molecule is C=C(C)C(=O)OCCC1=NC(N)=NC(N)N1CC. The highest BCUT2D eigenvalue weighted by atomic mass is 16.5. The minimum atomic E-state index is -0.528. The lowest BCUT2D eigenvalue weighted by atomic mass is 10.3. The van der Waals surface area contributed by atoms with Crippen LogP contribution in [0.1, 0.15) is 20.3 Å². The molecule has 0 spiro atoms. The first-order chi connectivity index (χ1) is 8.45. The van der Waals surface area contributed by atoms with Crippen LogP contribution in [0, 0.1) is 0 Å². The molecule has 0 bridgehead atoms. The van der Waals surface area contributed by atoms with E-state index >= 15 is 0 Å². The summed E-state index contributed by atoms with van der Waals surface area (Å²) in [4.78, 5) is 21.1. The molecule has 1 heterocycles. The molecule has 100 valence electrons. The summed E-state index contributed by atoms with van der Waals surface area (Å²) < 4.78 is 5.00. The Balaban J connectivity index is 2.57. The van der Waals surface area contributed by atoms with E-state index in [1.807, 2.05) is 6.92 Å². The van der Waals surface area contributed by atoms with Crippen molar-refractivity contribution in [3.05, 3.63) is 12.2 Å². The van der Waals surface area contributed by atoms with Gasteiger partial charge in [-0.2, -0.15) is 0 Å². The number of nitrogens with zero attached hydrogens (tertiary/aromatic N) is 3. The topological polar surface area (TPSA) is 106 Å². The van der Waals surface area contributed by atoms with E-state index in [4.69, 9.17) is 16.2 Å². The molecule has 1 rings (SSSR count). The van der Waals surface area contributed by atoms with Crippen molar-refractivity contribution in [3.63, 3.8) is 0 Å². The largest absolute Gasteiger partial charge is 0.462 e. The van der Waals surface area contributed by atoms with Crippen molar-refractivity contribution in [1.29, 1.82) is 0 Å². The molecule has 18 heavy (non-hydrogen) atoms. The molecule has 1 aliphatic heterocycles. The zero-order chi connectivity index (χ0) is 13.7. The molecule has 0 aromatic rings. The third-order valence-corrected chi connectivity index (χ3v) is 2.41. The molecule has 7 nitrogen and oxygen atoms in total. The number of guanidine groups is 1. The van der Waals surface area contributed by atoms with E-state index in [1.54, 1.807) is 11.8 Å². The van der Waals surface area contributed by atoms with Crippen molar-refractivity contribution in [2.45, 2.75) is 26.6 Å². The van der Waals surface area contributed by atoms with Crippen molar-refractivity contribution >= 4 is 17.8 Å². The van der Waals surface area contributed by atoms with Crippen molar-refractivity contribution < 1.29 is 9.53 Å². The number of amidine groups is 1. The molecular weight excluding hydrogens is 234 g/mol. The maximum absolute atomic E-state index is 11.2. The summed E-state index contributed by atoms with van der Waals surface area (Å²) in [5, 5.41) is 0. The predicted molar refractivity (Wildman–Crippen MR) is 69.8 cm³/mol. The fourth-order valence-corrected chi connectivity index (χ4v) is 1.51. The number of hydrogen-bond donors (Lipinski definition) is 2. The van der Waals surface area contributed by atoms with Crippen molar-refractivity contribution in [2.24, 2.45) is 21.5 Å². The number of aliphatic imine (C=N–C) groups is 2. The van der Waals surface area contributed by atoms with E-state index in [9.17, 15) is 4.79 Å². The molecule has 0 aliphatic carbocycles. The number of carbonyl (C=O) groups excluding carboxylic acids is 1. The summed E-state index contributed by atoms with van der Waals surface area (Å²) in [5.41, 5.74) is 11.7. The van der Waals surface area contributed by atoms with Crippen LogP contribution in [0.5, 0.6) is 0 Å². The van der Waals surface area contributed by atoms with Gasteiger partial charge in [-0.25, -0.2) is 14.8 Å².